The Morgan fingerprint density at radius 2 is 0.860 bits per heavy atom. The number of para-hydroxylation sites is 2. The molecule has 1 nitrogen and oxygen atoms in total. The Morgan fingerprint density at radius 3 is 1.61 bits per heavy atom. The van der Waals surface area contributed by atoms with Gasteiger partial charge < -0.3 is 4.90 Å². The Morgan fingerprint density at radius 1 is 0.316 bits per heavy atom. The molecule has 0 fully saturated rings. The van der Waals surface area contributed by atoms with Gasteiger partial charge in [-0.25, -0.2) is 0 Å². The van der Waals surface area contributed by atoms with Crippen molar-refractivity contribution in [1.82, 2.24) is 0 Å². The van der Waals surface area contributed by atoms with Gasteiger partial charge in [-0.15, -0.1) is 11.3 Å². The van der Waals surface area contributed by atoms with Crippen molar-refractivity contribution in [2.45, 2.75) is 5.41 Å². The number of hydrogen-bond donors (Lipinski definition) is 0. The standard InChI is InChI=1S/C55H35NS/c1-3-17-36(18-4-1)39-21-11-15-29-52(39)56(37-19-5-2-6-20-37)38-31-32-50-45(33-38)41-23-8-7-22-40(41)42-24-9-13-27-48(42)55(50)49-28-14-10-25-43(49)46-34-47-44-26-12-16-30-53(44)57-54(47)35-51(46)55/h1-35H. The summed E-state index contributed by atoms with van der Waals surface area (Å²) < 4.78 is 2.65. The number of hydrogen-bond acceptors (Lipinski definition) is 2. The lowest BCUT2D eigenvalue weighted by molar-refractivity contribution is 0.776. The summed E-state index contributed by atoms with van der Waals surface area (Å²) in [5.74, 6) is 0. The van der Waals surface area contributed by atoms with Crippen molar-refractivity contribution in [3.63, 3.8) is 0 Å². The smallest absolute Gasteiger partial charge is 0.0726 e. The molecule has 1 aromatic heterocycles. The zero-order valence-electron chi connectivity index (χ0n) is 31.1. The summed E-state index contributed by atoms with van der Waals surface area (Å²) in [6.45, 7) is 0. The van der Waals surface area contributed by atoms with E-state index in [2.05, 4.69) is 217 Å². The molecule has 1 unspecified atom stereocenters. The second-order valence-electron chi connectivity index (χ2n) is 15.2. The minimum atomic E-state index is -0.556. The molecule has 12 rings (SSSR count). The van der Waals surface area contributed by atoms with Crippen molar-refractivity contribution < 1.29 is 0 Å². The third kappa shape index (κ3) is 4.62. The molecule has 1 atom stereocenters. The van der Waals surface area contributed by atoms with E-state index in [4.69, 9.17) is 0 Å². The average Bonchev–Trinajstić information content (AvgIpc) is 3.76. The van der Waals surface area contributed by atoms with Gasteiger partial charge in [0, 0.05) is 37.1 Å². The molecule has 2 heteroatoms. The second kappa shape index (κ2) is 12.5. The quantitative estimate of drug-likeness (QED) is 0.174. The zero-order chi connectivity index (χ0) is 37.5. The van der Waals surface area contributed by atoms with Crippen LogP contribution < -0.4 is 4.90 Å². The highest BCUT2D eigenvalue weighted by molar-refractivity contribution is 7.25. The summed E-state index contributed by atoms with van der Waals surface area (Å²) in [7, 11) is 0. The van der Waals surface area contributed by atoms with Gasteiger partial charge in [-0.1, -0.05) is 164 Å². The van der Waals surface area contributed by atoms with Crippen LogP contribution in [0.15, 0.2) is 212 Å². The highest BCUT2D eigenvalue weighted by atomic mass is 32.1. The third-order valence-corrected chi connectivity index (χ3v) is 13.4. The van der Waals surface area contributed by atoms with E-state index in [1.807, 2.05) is 11.3 Å². The molecule has 1 heterocycles. The molecule has 9 aromatic carbocycles. The zero-order valence-corrected chi connectivity index (χ0v) is 31.9. The van der Waals surface area contributed by atoms with E-state index in [1.54, 1.807) is 0 Å². The van der Waals surface area contributed by atoms with Crippen LogP contribution in [0.2, 0.25) is 0 Å². The van der Waals surface area contributed by atoms with Gasteiger partial charge in [0.1, 0.15) is 0 Å². The molecule has 2 aliphatic rings. The maximum absolute atomic E-state index is 2.53. The lowest BCUT2D eigenvalue weighted by atomic mass is 9.66. The van der Waals surface area contributed by atoms with Gasteiger partial charge in [0.25, 0.3) is 0 Å². The molecular weight excluding hydrogens is 707 g/mol. The molecule has 0 amide bonds. The number of thiophene rings is 1. The maximum Gasteiger partial charge on any atom is 0.0726 e. The van der Waals surface area contributed by atoms with Crippen LogP contribution >= 0.6 is 11.3 Å². The molecule has 0 bridgehead atoms. The van der Waals surface area contributed by atoms with Crippen molar-refractivity contribution in [2.75, 3.05) is 4.90 Å². The minimum absolute atomic E-state index is 0.556. The van der Waals surface area contributed by atoms with Gasteiger partial charge in [-0.05, 0) is 110 Å². The molecule has 1 spiro atoms. The molecule has 0 N–H and O–H groups in total. The van der Waals surface area contributed by atoms with Crippen molar-refractivity contribution in [2.24, 2.45) is 0 Å². The molecule has 0 saturated carbocycles. The normalized spacial score (nSPS) is 14.7. The molecule has 0 radical (unpaired) electrons. The number of anilines is 3. The lowest BCUT2D eigenvalue weighted by Gasteiger charge is -2.36. The topological polar surface area (TPSA) is 3.24 Å². The van der Waals surface area contributed by atoms with E-state index < -0.39 is 5.41 Å². The molecular formula is C55H35NS. The van der Waals surface area contributed by atoms with Gasteiger partial charge in [0.2, 0.25) is 0 Å². The van der Waals surface area contributed by atoms with Gasteiger partial charge in [0.15, 0.2) is 0 Å². The molecule has 57 heavy (non-hydrogen) atoms. The van der Waals surface area contributed by atoms with Gasteiger partial charge >= 0.3 is 0 Å². The summed E-state index contributed by atoms with van der Waals surface area (Å²) >= 11 is 1.90. The van der Waals surface area contributed by atoms with Gasteiger partial charge in [-0.2, -0.15) is 0 Å². The van der Waals surface area contributed by atoms with E-state index in [9.17, 15) is 0 Å². The number of nitrogens with zero attached hydrogens (tertiary/aromatic N) is 1. The fraction of sp³-hybridized carbons (Fsp3) is 0.0182. The number of rotatable bonds is 4. The van der Waals surface area contributed by atoms with Crippen LogP contribution in [0.5, 0.6) is 0 Å². The van der Waals surface area contributed by atoms with Crippen molar-refractivity contribution in [3.05, 3.63) is 235 Å². The molecule has 2 aliphatic carbocycles. The first-order valence-corrected chi connectivity index (χ1v) is 20.5. The van der Waals surface area contributed by atoms with E-state index in [0.29, 0.717) is 0 Å². The summed E-state index contributed by atoms with van der Waals surface area (Å²) in [5, 5.41) is 2.66. The maximum atomic E-state index is 2.53. The molecule has 10 aromatic rings. The van der Waals surface area contributed by atoms with Crippen molar-refractivity contribution in [1.29, 1.82) is 0 Å². The SMILES string of the molecule is c1ccc(-c2ccccc2N(c2ccccc2)c2ccc3c(c2)-c2ccccc2-c2ccccc2C32c3ccccc3-c3cc4c(cc32)sc2ccccc24)cc1. The lowest BCUT2D eigenvalue weighted by Crippen LogP contribution is -2.29. The minimum Gasteiger partial charge on any atom is -0.310 e. The molecule has 266 valence electrons. The summed E-state index contributed by atoms with van der Waals surface area (Å²) in [5.41, 5.74) is 18.2. The Kier molecular flexibility index (Phi) is 7.08. The summed E-state index contributed by atoms with van der Waals surface area (Å²) in [6, 6.07) is 78.9. The van der Waals surface area contributed by atoms with Crippen molar-refractivity contribution in [3.8, 4) is 44.5 Å². The Balaban J connectivity index is 1.20. The number of fused-ring (bicyclic) bond motifs is 15. The predicted octanol–water partition coefficient (Wildman–Crippen LogP) is 15.2. The molecule has 0 aliphatic heterocycles. The predicted molar refractivity (Wildman–Crippen MR) is 241 cm³/mol. The highest BCUT2D eigenvalue weighted by Crippen LogP contribution is 2.63. The highest BCUT2D eigenvalue weighted by Gasteiger charge is 2.50. The first kappa shape index (κ1) is 32.3. The van der Waals surface area contributed by atoms with Gasteiger partial charge in [0.05, 0.1) is 11.1 Å². The van der Waals surface area contributed by atoms with E-state index in [-0.39, 0.29) is 0 Å². The van der Waals surface area contributed by atoms with E-state index in [1.165, 1.54) is 86.9 Å². The summed E-state index contributed by atoms with van der Waals surface area (Å²) in [6.07, 6.45) is 0. The van der Waals surface area contributed by atoms with Crippen LogP contribution in [-0.4, -0.2) is 0 Å². The Hall–Kier alpha value is -7.00. The van der Waals surface area contributed by atoms with Gasteiger partial charge in [-0.3, -0.25) is 0 Å². The Bertz CT molecular complexity index is 3190. The van der Waals surface area contributed by atoms with Crippen LogP contribution in [0.25, 0.3) is 64.7 Å². The second-order valence-corrected chi connectivity index (χ2v) is 16.2. The van der Waals surface area contributed by atoms with E-state index >= 15 is 0 Å². The number of benzene rings is 9. The van der Waals surface area contributed by atoms with Crippen LogP contribution in [0.3, 0.4) is 0 Å². The Labute approximate surface area is 336 Å². The van der Waals surface area contributed by atoms with Crippen LogP contribution in [0.1, 0.15) is 22.3 Å². The summed E-state index contributed by atoms with van der Waals surface area (Å²) in [4.78, 5) is 2.44. The van der Waals surface area contributed by atoms with E-state index in [0.717, 1.165) is 17.1 Å². The fourth-order valence-corrected chi connectivity index (χ4v) is 11.1. The average molecular weight is 742 g/mol. The monoisotopic (exact) mass is 741 g/mol. The van der Waals surface area contributed by atoms with Crippen LogP contribution in [0.4, 0.5) is 17.1 Å². The van der Waals surface area contributed by atoms with Crippen LogP contribution in [0, 0.1) is 0 Å². The first-order chi connectivity index (χ1) is 28.3. The first-order valence-electron chi connectivity index (χ1n) is 19.7. The fourth-order valence-electron chi connectivity index (χ4n) is 9.97. The molecule has 0 saturated heterocycles. The largest absolute Gasteiger partial charge is 0.310 e. The van der Waals surface area contributed by atoms with Crippen LogP contribution in [-0.2, 0) is 5.41 Å². The van der Waals surface area contributed by atoms with Crippen molar-refractivity contribution >= 4 is 48.6 Å². The third-order valence-electron chi connectivity index (χ3n) is 12.3.